The molecule has 3 aromatic rings. The summed E-state index contributed by atoms with van der Waals surface area (Å²) in [5.41, 5.74) is 2.18. The topological polar surface area (TPSA) is 0 Å². The minimum Gasteiger partial charge on any atom is -0.111 e. The standard InChI is InChI=1S/C15H8Br2Cl2S/c16-11-4-3-8-5-10(2-1-9(8)6-11)14(17)12-7-13(18)20-15(12)19/h1-7,14H. The summed E-state index contributed by atoms with van der Waals surface area (Å²) in [6.45, 7) is 0. The molecule has 0 saturated heterocycles. The molecule has 102 valence electrons. The largest absolute Gasteiger partial charge is 0.111 e. The highest BCUT2D eigenvalue weighted by Gasteiger charge is 2.17. The Morgan fingerprint density at radius 3 is 2.35 bits per heavy atom. The van der Waals surface area contributed by atoms with E-state index in [1.165, 1.54) is 22.1 Å². The first-order chi connectivity index (χ1) is 9.54. The lowest BCUT2D eigenvalue weighted by atomic mass is 10.0. The van der Waals surface area contributed by atoms with Gasteiger partial charge in [0.2, 0.25) is 0 Å². The molecule has 2 aromatic carbocycles. The average Bonchev–Trinajstić information content (AvgIpc) is 2.76. The summed E-state index contributed by atoms with van der Waals surface area (Å²) >= 11 is 20.8. The zero-order chi connectivity index (χ0) is 14.3. The van der Waals surface area contributed by atoms with Crippen molar-refractivity contribution in [3.05, 3.63) is 66.7 Å². The highest BCUT2D eigenvalue weighted by molar-refractivity contribution is 9.10. The van der Waals surface area contributed by atoms with Gasteiger partial charge in [-0.05, 0) is 40.6 Å². The smallest absolute Gasteiger partial charge is 0.0990 e. The molecule has 0 bridgehead atoms. The number of thiophene rings is 1. The molecular weight excluding hydrogens is 443 g/mol. The number of hydrogen-bond donors (Lipinski definition) is 0. The Morgan fingerprint density at radius 1 is 0.950 bits per heavy atom. The lowest BCUT2D eigenvalue weighted by Crippen LogP contribution is -1.91. The van der Waals surface area contributed by atoms with E-state index in [0.717, 1.165) is 19.9 Å². The van der Waals surface area contributed by atoms with Crippen molar-refractivity contribution >= 4 is 77.2 Å². The third-order valence-corrected chi connectivity index (χ3v) is 6.11. The lowest BCUT2D eigenvalue weighted by molar-refractivity contribution is 1.20. The zero-order valence-electron chi connectivity index (χ0n) is 10.0. The number of benzene rings is 2. The van der Waals surface area contributed by atoms with Gasteiger partial charge in [0.15, 0.2) is 0 Å². The monoisotopic (exact) mass is 448 g/mol. The van der Waals surface area contributed by atoms with Gasteiger partial charge < -0.3 is 0 Å². The molecule has 3 rings (SSSR count). The van der Waals surface area contributed by atoms with Crippen LogP contribution in [0.1, 0.15) is 16.0 Å². The van der Waals surface area contributed by atoms with E-state index in [-0.39, 0.29) is 4.83 Å². The molecule has 1 atom stereocenters. The van der Waals surface area contributed by atoms with Crippen LogP contribution in [0.2, 0.25) is 8.67 Å². The van der Waals surface area contributed by atoms with Crippen LogP contribution in [0, 0.1) is 0 Å². The maximum atomic E-state index is 6.23. The van der Waals surface area contributed by atoms with E-state index in [0.29, 0.717) is 4.34 Å². The second-order valence-electron chi connectivity index (χ2n) is 4.39. The van der Waals surface area contributed by atoms with Crippen LogP contribution in [0.5, 0.6) is 0 Å². The van der Waals surface area contributed by atoms with Crippen molar-refractivity contribution in [3.8, 4) is 0 Å². The summed E-state index contributed by atoms with van der Waals surface area (Å²) in [4.78, 5) is 0.0480. The van der Waals surface area contributed by atoms with Crippen molar-refractivity contribution in [3.63, 3.8) is 0 Å². The Kier molecular flexibility index (Phi) is 4.44. The van der Waals surface area contributed by atoms with Crippen molar-refractivity contribution in [1.82, 2.24) is 0 Å². The molecule has 0 saturated carbocycles. The first-order valence-corrected chi connectivity index (χ1v) is 9.11. The first-order valence-electron chi connectivity index (χ1n) is 5.82. The molecule has 0 amide bonds. The fourth-order valence-electron chi connectivity index (χ4n) is 2.10. The van der Waals surface area contributed by atoms with Gasteiger partial charge in [-0.1, -0.05) is 73.3 Å². The van der Waals surface area contributed by atoms with Gasteiger partial charge in [-0.25, -0.2) is 0 Å². The van der Waals surface area contributed by atoms with E-state index in [1.807, 2.05) is 12.1 Å². The van der Waals surface area contributed by atoms with Crippen molar-refractivity contribution < 1.29 is 0 Å². The zero-order valence-corrected chi connectivity index (χ0v) is 15.5. The van der Waals surface area contributed by atoms with Gasteiger partial charge in [0.05, 0.1) is 13.5 Å². The van der Waals surface area contributed by atoms with Gasteiger partial charge in [0.25, 0.3) is 0 Å². The number of fused-ring (bicyclic) bond motifs is 1. The Morgan fingerprint density at radius 2 is 1.65 bits per heavy atom. The molecule has 1 aromatic heterocycles. The molecular formula is C15H8Br2Cl2S. The Hall–Kier alpha value is -0.0600. The summed E-state index contributed by atoms with van der Waals surface area (Å²) in [5, 5.41) is 2.41. The first kappa shape index (κ1) is 14.9. The minimum absolute atomic E-state index is 0.0480. The summed E-state index contributed by atoms with van der Waals surface area (Å²) < 4.78 is 2.52. The number of alkyl halides is 1. The summed E-state index contributed by atoms with van der Waals surface area (Å²) in [6.07, 6.45) is 0. The lowest BCUT2D eigenvalue weighted by Gasteiger charge is -2.11. The summed E-state index contributed by atoms with van der Waals surface area (Å²) in [7, 11) is 0. The molecule has 0 aliphatic carbocycles. The van der Waals surface area contributed by atoms with E-state index in [4.69, 9.17) is 23.2 Å². The van der Waals surface area contributed by atoms with Gasteiger partial charge in [-0.15, -0.1) is 11.3 Å². The molecule has 1 unspecified atom stereocenters. The van der Waals surface area contributed by atoms with Crippen LogP contribution >= 0.6 is 66.4 Å². The van der Waals surface area contributed by atoms with Crippen molar-refractivity contribution in [2.24, 2.45) is 0 Å². The van der Waals surface area contributed by atoms with E-state index < -0.39 is 0 Å². The van der Waals surface area contributed by atoms with Crippen LogP contribution in [-0.2, 0) is 0 Å². The van der Waals surface area contributed by atoms with Crippen LogP contribution in [-0.4, -0.2) is 0 Å². The predicted octanol–water partition coefficient (Wildman–Crippen LogP) is 7.45. The number of halogens is 4. The third kappa shape index (κ3) is 2.93. The molecule has 0 aliphatic rings. The van der Waals surface area contributed by atoms with Crippen LogP contribution < -0.4 is 0 Å². The fraction of sp³-hybridized carbons (Fsp3) is 0.0667. The Bertz CT molecular complexity index is 783. The fourth-order valence-corrected chi connectivity index (χ4v) is 4.94. The maximum Gasteiger partial charge on any atom is 0.0990 e. The molecule has 1 heterocycles. The van der Waals surface area contributed by atoms with Crippen molar-refractivity contribution in [1.29, 1.82) is 0 Å². The predicted molar refractivity (Wildman–Crippen MR) is 96.8 cm³/mol. The maximum absolute atomic E-state index is 6.23. The summed E-state index contributed by atoms with van der Waals surface area (Å²) in [5.74, 6) is 0. The van der Waals surface area contributed by atoms with Gasteiger partial charge in [0, 0.05) is 10.0 Å². The van der Waals surface area contributed by atoms with E-state index >= 15 is 0 Å². The SMILES string of the molecule is Clc1cc(C(Br)c2ccc3cc(Br)ccc3c2)c(Cl)s1. The van der Waals surface area contributed by atoms with Crippen molar-refractivity contribution in [2.45, 2.75) is 4.83 Å². The van der Waals surface area contributed by atoms with Crippen LogP contribution in [0.15, 0.2) is 46.9 Å². The number of rotatable bonds is 2. The molecule has 0 spiro atoms. The Labute approximate surface area is 148 Å². The minimum atomic E-state index is 0.0480. The molecule has 20 heavy (non-hydrogen) atoms. The van der Waals surface area contributed by atoms with Gasteiger partial charge in [-0.2, -0.15) is 0 Å². The van der Waals surface area contributed by atoms with E-state index in [9.17, 15) is 0 Å². The Balaban J connectivity index is 2.05. The highest BCUT2D eigenvalue weighted by Crippen LogP contribution is 2.42. The molecule has 5 heteroatoms. The number of hydrogen-bond acceptors (Lipinski definition) is 1. The van der Waals surface area contributed by atoms with Gasteiger partial charge >= 0.3 is 0 Å². The van der Waals surface area contributed by atoms with Gasteiger partial charge in [-0.3, -0.25) is 0 Å². The second kappa shape index (κ2) is 5.98. The third-order valence-electron chi connectivity index (χ3n) is 3.08. The quantitative estimate of drug-likeness (QED) is 0.355. The average molecular weight is 451 g/mol. The van der Waals surface area contributed by atoms with Gasteiger partial charge in [0.1, 0.15) is 0 Å². The van der Waals surface area contributed by atoms with Crippen LogP contribution in [0.4, 0.5) is 0 Å². The molecule has 0 N–H and O–H groups in total. The highest BCUT2D eigenvalue weighted by atomic mass is 79.9. The van der Waals surface area contributed by atoms with Crippen LogP contribution in [0.25, 0.3) is 10.8 Å². The molecule has 0 radical (unpaired) electrons. The van der Waals surface area contributed by atoms with Crippen LogP contribution in [0.3, 0.4) is 0 Å². The summed E-state index contributed by atoms with van der Waals surface area (Å²) in [6, 6.07) is 14.6. The molecule has 0 fully saturated rings. The van der Waals surface area contributed by atoms with E-state index in [1.54, 1.807) is 0 Å². The normalized spacial score (nSPS) is 12.8. The second-order valence-corrected chi connectivity index (χ2v) is 8.51. The molecule has 0 nitrogen and oxygen atoms in total. The van der Waals surface area contributed by atoms with E-state index in [2.05, 4.69) is 62.2 Å². The molecule has 0 aliphatic heterocycles. The van der Waals surface area contributed by atoms with Crippen molar-refractivity contribution in [2.75, 3.05) is 0 Å².